The van der Waals surface area contributed by atoms with E-state index >= 15 is 0 Å². The Morgan fingerprint density at radius 1 is 1.16 bits per heavy atom. The highest BCUT2D eigenvalue weighted by Crippen LogP contribution is 2.32. The van der Waals surface area contributed by atoms with Crippen LogP contribution in [-0.2, 0) is 0 Å². The molecule has 2 rings (SSSR count). The van der Waals surface area contributed by atoms with Crippen LogP contribution in [0.5, 0.6) is 5.75 Å². The summed E-state index contributed by atoms with van der Waals surface area (Å²) in [7, 11) is 1.62. The van der Waals surface area contributed by atoms with Crippen molar-refractivity contribution in [1.29, 1.82) is 0 Å². The summed E-state index contributed by atoms with van der Waals surface area (Å²) in [6.07, 6.45) is 2.97. The minimum atomic E-state index is -0.976. The van der Waals surface area contributed by atoms with E-state index in [1.807, 2.05) is 26.0 Å². The number of nitrogens with zero attached hydrogens (tertiary/aromatic N) is 1. The smallest absolute Gasteiger partial charge is 0.337 e. The predicted molar refractivity (Wildman–Crippen MR) is 72.7 cm³/mol. The van der Waals surface area contributed by atoms with Gasteiger partial charge in [0.25, 0.3) is 0 Å². The van der Waals surface area contributed by atoms with Crippen LogP contribution in [0.3, 0.4) is 0 Å². The van der Waals surface area contributed by atoms with E-state index in [-0.39, 0.29) is 5.56 Å². The van der Waals surface area contributed by atoms with E-state index in [1.165, 1.54) is 6.20 Å². The molecule has 4 heteroatoms. The molecule has 0 saturated carbocycles. The number of carboxylic acids is 1. The van der Waals surface area contributed by atoms with Crippen LogP contribution in [0.2, 0.25) is 0 Å². The maximum Gasteiger partial charge on any atom is 0.337 e. The number of hydrogen-bond donors (Lipinski definition) is 1. The molecule has 4 nitrogen and oxygen atoms in total. The Bertz CT molecular complexity index is 635. The van der Waals surface area contributed by atoms with Gasteiger partial charge < -0.3 is 9.84 Å². The van der Waals surface area contributed by atoms with Crippen LogP contribution in [0.4, 0.5) is 0 Å². The largest absolute Gasteiger partial charge is 0.496 e. The van der Waals surface area contributed by atoms with Crippen molar-refractivity contribution >= 4 is 5.97 Å². The van der Waals surface area contributed by atoms with Crippen LogP contribution in [0.25, 0.3) is 11.1 Å². The zero-order valence-corrected chi connectivity index (χ0v) is 11.1. The third-order valence-corrected chi connectivity index (χ3v) is 3.30. The maximum atomic E-state index is 11.2. The molecule has 1 aromatic heterocycles. The summed E-state index contributed by atoms with van der Waals surface area (Å²) in [6.45, 7) is 3.92. The number of pyridine rings is 1. The Kier molecular flexibility index (Phi) is 3.51. The Labute approximate surface area is 111 Å². The number of rotatable bonds is 3. The Hall–Kier alpha value is -2.36. The van der Waals surface area contributed by atoms with E-state index in [0.717, 1.165) is 22.4 Å². The van der Waals surface area contributed by atoms with Crippen LogP contribution < -0.4 is 4.74 Å². The Morgan fingerprint density at radius 3 is 2.53 bits per heavy atom. The number of carbonyl (C=O) groups is 1. The number of methoxy groups -OCH3 is 1. The fourth-order valence-electron chi connectivity index (χ4n) is 2.11. The van der Waals surface area contributed by atoms with Crippen molar-refractivity contribution in [3.05, 3.63) is 47.3 Å². The summed E-state index contributed by atoms with van der Waals surface area (Å²) in [6, 6.07) is 5.45. The fraction of sp³-hybridized carbons (Fsp3) is 0.200. The van der Waals surface area contributed by atoms with Gasteiger partial charge in [0, 0.05) is 12.4 Å². The van der Waals surface area contributed by atoms with Gasteiger partial charge in [0.2, 0.25) is 0 Å². The lowest BCUT2D eigenvalue weighted by molar-refractivity contribution is 0.0697. The topological polar surface area (TPSA) is 59.4 Å². The zero-order valence-electron chi connectivity index (χ0n) is 11.1. The quantitative estimate of drug-likeness (QED) is 0.918. The van der Waals surface area contributed by atoms with Crippen LogP contribution in [0.15, 0.2) is 30.6 Å². The van der Waals surface area contributed by atoms with Crippen molar-refractivity contribution in [2.24, 2.45) is 0 Å². The summed E-state index contributed by atoms with van der Waals surface area (Å²) in [5.74, 6) is -0.178. The van der Waals surface area contributed by atoms with Gasteiger partial charge in [0.1, 0.15) is 5.75 Å². The van der Waals surface area contributed by atoms with Gasteiger partial charge in [0.15, 0.2) is 0 Å². The van der Waals surface area contributed by atoms with E-state index in [4.69, 9.17) is 4.74 Å². The summed E-state index contributed by atoms with van der Waals surface area (Å²) in [4.78, 5) is 15.1. The highest BCUT2D eigenvalue weighted by Gasteiger charge is 2.15. The van der Waals surface area contributed by atoms with Crippen molar-refractivity contribution < 1.29 is 14.6 Å². The Balaban J connectivity index is 2.67. The molecule has 0 aliphatic carbocycles. The molecule has 0 spiro atoms. The fourth-order valence-corrected chi connectivity index (χ4v) is 2.11. The normalized spacial score (nSPS) is 10.3. The van der Waals surface area contributed by atoms with Crippen molar-refractivity contribution in [1.82, 2.24) is 4.98 Å². The van der Waals surface area contributed by atoms with Gasteiger partial charge in [-0.2, -0.15) is 0 Å². The van der Waals surface area contributed by atoms with E-state index in [2.05, 4.69) is 4.98 Å². The van der Waals surface area contributed by atoms with Crippen LogP contribution >= 0.6 is 0 Å². The second-order valence-electron chi connectivity index (χ2n) is 4.29. The summed E-state index contributed by atoms with van der Waals surface area (Å²) < 4.78 is 5.27. The van der Waals surface area contributed by atoms with Crippen molar-refractivity contribution in [3.63, 3.8) is 0 Å². The van der Waals surface area contributed by atoms with Crippen molar-refractivity contribution in [3.8, 4) is 16.9 Å². The lowest BCUT2D eigenvalue weighted by Gasteiger charge is -2.14. The van der Waals surface area contributed by atoms with Gasteiger partial charge >= 0.3 is 5.97 Å². The molecule has 1 aromatic carbocycles. The highest BCUT2D eigenvalue weighted by atomic mass is 16.5. The molecule has 0 unspecified atom stereocenters. The first-order valence-electron chi connectivity index (χ1n) is 5.88. The molecule has 0 aliphatic heterocycles. The van der Waals surface area contributed by atoms with Crippen LogP contribution in [0, 0.1) is 13.8 Å². The van der Waals surface area contributed by atoms with Crippen molar-refractivity contribution in [2.45, 2.75) is 13.8 Å². The molecule has 0 saturated heterocycles. The molecule has 98 valence electrons. The molecule has 0 bridgehead atoms. The SMILES string of the molecule is COc1ccc(-c2ccncc2C(=O)O)c(C)c1C. The van der Waals surface area contributed by atoms with E-state index in [9.17, 15) is 9.90 Å². The van der Waals surface area contributed by atoms with Gasteiger partial charge in [-0.3, -0.25) is 4.98 Å². The average Bonchev–Trinajstić information content (AvgIpc) is 2.42. The van der Waals surface area contributed by atoms with Gasteiger partial charge in [-0.15, -0.1) is 0 Å². The molecule has 0 atom stereocenters. The predicted octanol–water partition coefficient (Wildman–Crippen LogP) is 3.07. The van der Waals surface area contributed by atoms with Gasteiger partial charge in [-0.25, -0.2) is 4.79 Å². The van der Waals surface area contributed by atoms with Crippen LogP contribution in [0.1, 0.15) is 21.5 Å². The third kappa shape index (κ3) is 2.29. The molecule has 1 heterocycles. The molecule has 1 N–H and O–H groups in total. The van der Waals surface area contributed by atoms with E-state index in [1.54, 1.807) is 19.4 Å². The minimum Gasteiger partial charge on any atom is -0.496 e. The highest BCUT2D eigenvalue weighted by molar-refractivity contribution is 5.96. The molecular weight excluding hydrogens is 242 g/mol. The first kappa shape index (κ1) is 13.1. The third-order valence-electron chi connectivity index (χ3n) is 3.30. The molecule has 2 aromatic rings. The minimum absolute atomic E-state index is 0.204. The van der Waals surface area contributed by atoms with Gasteiger partial charge in [-0.05, 0) is 48.2 Å². The number of aromatic carboxylic acids is 1. The van der Waals surface area contributed by atoms with E-state index in [0.29, 0.717) is 5.56 Å². The molecule has 0 aliphatic rings. The first-order chi connectivity index (χ1) is 9.06. The van der Waals surface area contributed by atoms with Crippen molar-refractivity contribution in [2.75, 3.05) is 7.11 Å². The summed E-state index contributed by atoms with van der Waals surface area (Å²) in [5, 5.41) is 9.22. The first-order valence-corrected chi connectivity index (χ1v) is 5.88. The maximum absolute atomic E-state index is 11.2. The summed E-state index contributed by atoms with van der Waals surface area (Å²) in [5.41, 5.74) is 3.78. The lowest BCUT2D eigenvalue weighted by atomic mass is 9.94. The number of aromatic nitrogens is 1. The second-order valence-corrected chi connectivity index (χ2v) is 4.29. The molecule has 19 heavy (non-hydrogen) atoms. The lowest BCUT2D eigenvalue weighted by Crippen LogP contribution is -2.02. The standard InChI is InChI=1S/C15H15NO3/c1-9-10(2)14(19-3)5-4-11(9)12-6-7-16-8-13(12)15(17)18/h4-8H,1-3H3,(H,17,18). The molecule has 0 radical (unpaired) electrons. The number of ether oxygens (including phenoxy) is 1. The monoisotopic (exact) mass is 257 g/mol. The zero-order chi connectivity index (χ0) is 14.0. The van der Waals surface area contributed by atoms with E-state index < -0.39 is 5.97 Å². The molecule has 0 amide bonds. The molecular formula is C15H15NO3. The number of carboxylic acid groups (broad SMARTS) is 1. The van der Waals surface area contributed by atoms with Gasteiger partial charge in [-0.1, -0.05) is 6.07 Å². The Morgan fingerprint density at radius 2 is 1.89 bits per heavy atom. The second kappa shape index (κ2) is 5.10. The molecule has 0 fully saturated rings. The average molecular weight is 257 g/mol. The summed E-state index contributed by atoms with van der Waals surface area (Å²) >= 11 is 0. The van der Waals surface area contributed by atoms with Crippen LogP contribution in [-0.4, -0.2) is 23.2 Å². The number of hydrogen-bond acceptors (Lipinski definition) is 3. The van der Waals surface area contributed by atoms with Gasteiger partial charge in [0.05, 0.1) is 12.7 Å². The number of benzene rings is 1.